The molecule has 23 heavy (non-hydrogen) atoms. The van der Waals surface area contributed by atoms with Gasteiger partial charge in [-0.1, -0.05) is 12.5 Å². The van der Waals surface area contributed by atoms with E-state index >= 15 is 0 Å². The first-order valence-corrected chi connectivity index (χ1v) is 10.2. The van der Waals surface area contributed by atoms with Crippen LogP contribution in [-0.2, 0) is 10.0 Å². The third-order valence-electron chi connectivity index (χ3n) is 3.26. The van der Waals surface area contributed by atoms with E-state index in [1.807, 2.05) is 23.6 Å². The molecule has 126 valence electrons. The van der Waals surface area contributed by atoms with Gasteiger partial charge in [-0.25, -0.2) is 18.1 Å². The normalized spacial score (nSPS) is 11.5. The van der Waals surface area contributed by atoms with Crippen molar-refractivity contribution in [2.75, 3.05) is 24.2 Å². The monoisotopic (exact) mass is 355 g/mol. The second-order valence-electron chi connectivity index (χ2n) is 5.04. The van der Waals surface area contributed by atoms with Gasteiger partial charge in [0.1, 0.15) is 5.69 Å². The second kappa shape index (κ2) is 8.95. The molecule has 2 aromatic rings. The van der Waals surface area contributed by atoms with Crippen molar-refractivity contribution >= 4 is 26.5 Å². The van der Waals surface area contributed by atoms with E-state index in [0.717, 1.165) is 42.3 Å². The topological polar surface area (TPSA) is 84.0 Å². The van der Waals surface area contributed by atoms with Crippen LogP contribution in [0.4, 0.5) is 5.13 Å². The zero-order chi connectivity index (χ0) is 16.5. The molecule has 0 amide bonds. The standard InChI is InChI=1S/C15H22N4O2S2/c1-2-23(20,21)18-11-6-3-5-10-17-15-19-14(12-22-15)13-8-4-7-9-16-13/h4,7-9,12,18H,2-3,5-6,10-11H2,1H3,(H,17,19)/p+1. The predicted molar refractivity (Wildman–Crippen MR) is 96.3 cm³/mol. The van der Waals surface area contributed by atoms with Gasteiger partial charge in [-0.2, -0.15) is 0 Å². The van der Waals surface area contributed by atoms with Crippen molar-refractivity contribution in [2.24, 2.45) is 0 Å². The summed E-state index contributed by atoms with van der Waals surface area (Å²) in [6.07, 6.45) is 4.55. The molecule has 0 bridgehead atoms. The molecular weight excluding hydrogens is 332 g/mol. The maximum atomic E-state index is 11.3. The lowest BCUT2D eigenvalue weighted by Crippen LogP contribution is -2.26. The molecule has 0 saturated carbocycles. The molecule has 2 N–H and O–H groups in total. The number of pyridine rings is 1. The van der Waals surface area contributed by atoms with Gasteiger partial charge in [0.05, 0.1) is 11.4 Å². The van der Waals surface area contributed by atoms with E-state index in [2.05, 4.69) is 20.0 Å². The fourth-order valence-corrected chi connectivity index (χ4v) is 3.33. The minimum atomic E-state index is -3.06. The Morgan fingerprint density at radius 1 is 1.17 bits per heavy atom. The Balaban J connectivity index is 0.00000288. The third-order valence-corrected chi connectivity index (χ3v) is 5.47. The Bertz CT molecular complexity index is 693. The van der Waals surface area contributed by atoms with E-state index in [0.29, 0.717) is 6.54 Å². The van der Waals surface area contributed by atoms with E-state index in [1.54, 1.807) is 24.5 Å². The fourth-order valence-electron chi connectivity index (χ4n) is 1.94. The molecule has 6 nitrogen and oxygen atoms in total. The van der Waals surface area contributed by atoms with Crippen LogP contribution in [0.15, 0.2) is 29.8 Å². The summed E-state index contributed by atoms with van der Waals surface area (Å²) in [6.45, 7) is 2.98. The molecule has 0 aliphatic heterocycles. The average molecular weight is 356 g/mol. The number of sulfonamides is 1. The first-order valence-electron chi connectivity index (χ1n) is 7.69. The van der Waals surface area contributed by atoms with Crippen LogP contribution < -0.4 is 10.0 Å². The molecular formula is C15H23N4O2S2+. The number of thiazole rings is 1. The largest absolute Gasteiger partial charge is 1.00 e. The Kier molecular flexibility index (Phi) is 6.94. The number of rotatable bonds is 10. The lowest BCUT2D eigenvalue weighted by Gasteiger charge is -2.05. The van der Waals surface area contributed by atoms with Gasteiger partial charge in [0.2, 0.25) is 10.0 Å². The molecule has 2 aromatic heterocycles. The molecule has 0 unspecified atom stereocenters. The smallest absolute Gasteiger partial charge is 0.362 e. The SMILES string of the molecule is CCS(=O)(=O)NCCCCCNc1nc(-c2ccccn2)cs1.[H+]. The van der Waals surface area contributed by atoms with Crippen LogP contribution in [0.3, 0.4) is 0 Å². The van der Waals surface area contributed by atoms with Gasteiger partial charge in [0.15, 0.2) is 5.13 Å². The molecule has 0 aliphatic rings. The summed E-state index contributed by atoms with van der Waals surface area (Å²) < 4.78 is 25.1. The van der Waals surface area contributed by atoms with Crippen molar-refractivity contribution in [3.05, 3.63) is 29.8 Å². The number of hydrogen-bond donors (Lipinski definition) is 2. The molecule has 0 fully saturated rings. The van der Waals surface area contributed by atoms with Crippen LogP contribution in [0, 0.1) is 0 Å². The van der Waals surface area contributed by atoms with Gasteiger partial charge in [0, 0.05) is 24.7 Å². The minimum Gasteiger partial charge on any atom is -0.362 e. The highest BCUT2D eigenvalue weighted by Gasteiger charge is 2.05. The van der Waals surface area contributed by atoms with Gasteiger partial charge in [0.25, 0.3) is 0 Å². The summed E-state index contributed by atoms with van der Waals surface area (Å²) >= 11 is 1.57. The zero-order valence-corrected chi connectivity index (χ0v) is 14.8. The van der Waals surface area contributed by atoms with Gasteiger partial charge >= 0.3 is 1.43 Å². The van der Waals surface area contributed by atoms with E-state index in [9.17, 15) is 8.42 Å². The van der Waals surface area contributed by atoms with Crippen LogP contribution >= 0.6 is 11.3 Å². The minimum absolute atomic E-state index is 0. The van der Waals surface area contributed by atoms with E-state index in [-0.39, 0.29) is 7.18 Å². The summed E-state index contributed by atoms with van der Waals surface area (Å²) in [5.41, 5.74) is 1.76. The number of nitrogens with one attached hydrogen (secondary N) is 2. The molecule has 2 rings (SSSR count). The quantitative estimate of drug-likeness (QED) is 0.640. The number of nitrogens with zero attached hydrogens (tertiary/aromatic N) is 2. The predicted octanol–water partition coefficient (Wildman–Crippen LogP) is 2.84. The molecule has 0 saturated heterocycles. The highest BCUT2D eigenvalue weighted by Crippen LogP contribution is 2.22. The number of anilines is 1. The summed E-state index contributed by atoms with van der Waals surface area (Å²) in [5.74, 6) is 0.136. The maximum Gasteiger partial charge on any atom is 1.00 e. The van der Waals surface area contributed by atoms with E-state index < -0.39 is 10.0 Å². The van der Waals surface area contributed by atoms with Crippen LogP contribution in [0.1, 0.15) is 27.6 Å². The third kappa shape index (κ3) is 6.25. The molecule has 0 radical (unpaired) electrons. The van der Waals surface area contributed by atoms with Crippen molar-refractivity contribution in [1.29, 1.82) is 0 Å². The highest BCUT2D eigenvalue weighted by molar-refractivity contribution is 7.89. The van der Waals surface area contributed by atoms with Crippen LogP contribution in [-0.4, -0.2) is 37.2 Å². The Hall–Kier alpha value is -1.51. The van der Waals surface area contributed by atoms with Crippen LogP contribution in [0.25, 0.3) is 11.4 Å². The van der Waals surface area contributed by atoms with Crippen molar-refractivity contribution in [1.82, 2.24) is 14.7 Å². The second-order valence-corrected chi connectivity index (χ2v) is 7.99. The lowest BCUT2D eigenvalue weighted by molar-refractivity contribution is 0.576. The number of hydrogen-bond acceptors (Lipinski definition) is 6. The van der Waals surface area contributed by atoms with Gasteiger partial charge in [-0.05, 0) is 31.9 Å². The first-order chi connectivity index (χ1) is 11.1. The summed E-state index contributed by atoms with van der Waals surface area (Å²) in [4.78, 5) is 8.79. The first kappa shape index (κ1) is 17.8. The van der Waals surface area contributed by atoms with Crippen LogP contribution in [0.5, 0.6) is 0 Å². The average Bonchev–Trinajstić information content (AvgIpc) is 3.04. The molecule has 0 atom stereocenters. The van der Waals surface area contributed by atoms with Gasteiger partial charge in [-0.3, -0.25) is 4.98 Å². The number of aromatic nitrogens is 2. The van der Waals surface area contributed by atoms with Crippen LogP contribution in [0.2, 0.25) is 0 Å². The molecule has 8 heteroatoms. The molecule has 0 aliphatic carbocycles. The van der Waals surface area contributed by atoms with Crippen molar-refractivity contribution in [3.63, 3.8) is 0 Å². The number of unbranched alkanes of at least 4 members (excludes halogenated alkanes) is 2. The summed E-state index contributed by atoms with van der Waals surface area (Å²) in [7, 11) is -3.06. The molecule has 0 spiro atoms. The van der Waals surface area contributed by atoms with Gasteiger partial charge in [-0.15, -0.1) is 11.3 Å². The molecule has 0 aromatic carbocycles. The van der Waals surface area contributed by atoms with Gasteiger partial charge < -0.3 is 5.32 Å². The Morgan fingerprint density at radius 2 is 2.00 bits per heavy atom. The lowest BCUT2D eigenvalue weighted by atomic mass is 10.2. The Labute approximate surface area is 142 Å². The van der Waals surface area contributed by atoms with Crippen molar-refractivity contribution in [3.8, 4) is 11.4 Å². The summed E-state index contributed by atoms with van der Waals surface area (Å²) in [5, 5.41) is 6.17. The van der Waals surface area contributed by atoms with Crippen molar-refractivity contribution in [2.45, 2.75) is 26.2 Å². The van der Waals surface area contributed by atoms with E-state index in [1.165, 1.54) is 0 Å². The zero-order valence-electron chi connectivity index (χ0n) is 14.2. The fraction of sp³-hybridized carbons (Fsp3) is 0.467. The van der Waals surface area contributed by atoms with E-state index in [4.69, 9.17) is 0 Å². The summed E-state index contributed by atoms with van der Waals surface area (Å²) in [6, 6.07) is 5.77. The molecule has 2 heterocycles. The van der Waals surface area contributed by atoms with Crippen molar-refractivity contribution < 1.29 is 9.84 Å². The highest BCUT2D eigenvalue weighted by atomic mass is 32.2. The maximum absolute atomic E-state index is 11.3. The Morgan fingerprint density at radius 3 is 2.74 bits per heavy atom.